The Morgan fingerprint density at radius 2 is 2.00 bits per heavy atom. The van der Waals surface area contributed by atoms with Crippen molar-refractivity contribution in [1.82, 2.24) is 10.5 Å². The van der Waals surface area contributed by atoms with Gasteiger partial charge in [-0.3, -0.25) is 4.84 Å². The summed E-state index contributed by atoms with van der Waals surface area (Å²) in [6.07, 6.45) is 1.27. The third kappa shape index (κ3) is 3.50. The average molecular weight is 371 g/mol. The van der Waals surface area contributed by atoms with Gasteiger partial charge in [-0.2, -0.15) is 0 Å². The van der Waals surface area contributed by atoms with Crippen LogP contribution < -0.4 is 11.1 Å². The van der Waals surface area contributed by atoms with Crippen LogP contribution in [0.3, 0.4) is 0 Å². The van der Waals surface area contributed by atoms with Gasteiger partial charge < -0.3 is 11.1 Å². The Morgan fingerprint density at radius 1 is 1.23 bits per heavy atom. The van der Waals surface area contributed by atoms with E-state index in [1.165, 1.54) is 12.2 Å². The number of anilines is 1. The molecule has 0 fully saturated rings. The number of nitrogens with one attached hydrogen (secondary N) is 1. The zero-order chi connectivity index (χ0) is 18.8. The molecular formula is C19H19ClN4O2. The molecule has 0 saturated heterocycles. The van der Waals surface area contributed by atoms with Crippen LogP contribution in [-0.2, 0) is 4.84 Å². The summed E-state index contributed by atoms with van der Waals surface area (Å²) in [4.78, 5) is 17.0. The standard InChI is InChI=1S/C19H19ClN4O2/c1-11-8-14(5-7-17(11)21)18-16-10-15(20)6-4-13(16)9-12(2)24(23-18)26-19(25)22-3/h4-10H,21H2,1-3H3,(H,22,25). The van der Waals surface area contributed by atoms with Crippen molar-refractivity contribution in [3.8, 4) is 0 Å². The average Bonchev–Trinajstić information content (AvgIpc) is 2.74. The van der Waals surface area contributed by atoms with Gasteiger partial charge in [0.15, 0.2) is 0 Å². The minimum absolute atomic E-state index is 0.593. The predicted octanol–water partition coefficient (Wildman–Crippen LogP) is 3.93. The Morgan fingerprint density at radius 3 is 2.69 bits per heavy atom. The Hall–Kier alpha value is -2.99. The highest BCUT2D eigenvalue weighted by Crippen LogP contribution is 2.28. The number of hydrogen-bond donors (Lipinski definition) is 2. The number of amides is 1. The first-order valence-corrected chi connectivity index (χ1v) is 8.40. The highest BCUT2D eigenvalue weighted by molar-refractivity contribution is 6.31. The largest absolute Gasteiger partial charge is 0.433 e. The number of hydrogen-bond acceptors (Lipinski definition) is 5. The van der Waals surface area contributed by atoms with Crippen LogP contribution in [0.25, 0.3) is 6.08 Å². The molecule has 134 valence electrons. The first kappa shape index (κ1) is 17.8. The lowest BCUT2D eigenvalue weighted by molar-refractivity contribution is -0.0658. The molecule has 26 heavy (non-hydrogen) atoms. The van der Waals surface area contributed by atoms with Crippen molar-refractivity contribution in [3.63, 3.8) is 0 Å². The summed E-state index contributed by atoms with van der Waals surface area (Å²) in [5.74, 6) is 0. The third-order valence-electron chi connectivity index (χ3n) is 4.04. The Balaban J connectivity index is 2.20. The minimum atomic E-state index is -0.613. The van der Waals surface area contributed by atoms with Crippen molar-refractivity contribution in [3.05, 3.63) is 69.4 Å². The molecule has 0 bridgehead atoms. The maximum absolute atomic E-state index is 11.7. The molecule has 2 aromatic carbocycles. The van der Waals surface area contributed by atoms with E-state index < -0.39 is 6.09 Å². The second-order valence-corrected chi connectivity index (χ2v) is 6.38. The van der Waals surface area contributed by atoms with E-state index in [1.807, 2.05) is 56.3 Å². The Kier molecular flexibility index (Phi) is 4.86. The lowest BCUT2D eigenvalue weighted by Gasteiger charge is -2.18. The molecule has 2 aromatic rings. The van der Waals surface area contributed by atoms with Gasteiger partial charge in [0.1, 0.15) is 5.71 Å². The van der Waals surface area contributed by atoms with Crippen molar-refractivity contribution < 1.29 is 9.63 Å². The molecule has 0 saturated carbocycles. The van der Waals surface area contributed by atoms with E-state index in [0.717, 1.165) is 22.3 Å². The summed E-state index contributed by atoms with van der Waals surface area (Å²) in [6, 6.07) is 11.2. The number of allylic oxidation sites excluding steroid dienone is 1. The van der Waals surface area contributed by atoms with Crippen LogP contribution in [0, 0.1) is 6.92 Å². The van der Waals surface area contributed by atoms with Crippen LogP contribution in [0.1, 0.15) is 29.2 Å². The lowest BCUT2D eigenvalue weighted by atomic mass is 9.96. The van der Waals surface area contributed by atoms with Crippen LogP contribution in [0.2, 0.25) is 5.02 Å². The molecule has 3 N–H and O–H groups in total. The lowest BCUT2D eigenvalue weighted by Crippen LogP contribution is -2.28. The summed E-state index contributed by atoms with van der Waals surface area (Å²) in [6.45, 7) is 3.74. The van der Waals surface area contributed by atoms with Crippen LogP contribution in [0.5, 0.6) is 0 Å². The van der Waals surface area contributed by atoms with E-state index >= 15 is 0 Å². The second kappa shape index (κ2) is 7.09. The number of carbonyl (C=O) groups excluding carboxylic acids is 1. The number of benzene rings is 2. The molecule has 1 heterocycles. The van der Waals surface area contributed by atoms with Gasteiger partial charge in [0.25, 0.3) is 0 Å². The molecule has 0 unspecified atom stereocenters. The second-order valence-electron chi connectivity index (χ2n) is 5.94. The molecule has 0 aliphatic carbocycles. The number of aryl methyl sites for hydroxylation is 1. The van der Waals surface area contributed by atoms with Gasteiger partial charge in [-0.1, -0.05) is 28.9 Å². The number of halogens is 1. The molecule has 0 atom stereocenters. The van der Waals surface area contributed by atoms with Crippen LogP contribution >= 0.6 is 11.6 Å². The number of hydrazone groups is 1. The van der Waals surface area contributed by atoms with Gasteiger partial charge in [0.05, 0.1) is 5.70 Å². The van der Waals surface area contributed by atoms with Crippen molar-refractivity contribution in [2.45, 2.75) is 13.8 Å². The van der Waals surface area contributed by atoms with Gasteiger partial charge >= 0.3 is 6.09 Å². The van der Waals surface area contributed by atoms with Gasteiger partial charge in [-0.25, -0.2) is 4.79 Å². The van der Waals surface area contributed by atoms with Crippen molar-refractivity contribution >= 4 is 35.2 Å². The number of hydroxylamine groups is 1. The first-order chi connectivity index (χ1) is 12.4. The van der Waals surface area contributed by atoms with E-state index in [2.05, 4.69) is 10.4 Å². The van der Waals surface area contributed by atoms with E-state index in [-0.39, 0.29) is 0 Å². The fourth-order valence-corrected chi connectivity index (χ4v) is 2.79. The first-order valence-electron chi connectivity index (χ1n) is 8.02. The summed E-state index contributed by atoms with van der Waals surface area (Å²) in [7, 11) is 1.49. The zero-order valence-electron chi connectivity index (χ0n) is 14.7. The summed E-state index contributed by atoms with van der Waals surface area (Å²) in [5, 5.41) is 8.78. The van der Waals surface area contributed by atoms with Crippen molar-refractivity contribution in [2.75, 3.05) is 12.8 Å². The van der Waals surface area contributed by atoms with E-state index in [1.54, 1.807) is 0 Å². The van der Waals surface area contributed by atoms with Crippen molar-refractivity contribution in [2.24, 2.45) is 5.10 Å². The quantitative estimate of drug-likeness (QED) is 0.785. The Bertz CT molecular complexity index is 937. The molecule has 1 aliphatic heterocycles. The normalized spacial score (nSPS) is 13.3. The fourth-order valence-electron chi connectivity index (χ4n) is 2.62. The monoisotopic (exact) mass is 370 g/mol. The predicted molar refractivity (Wildman–Crippen MR) is 104 cm³/mol. The molecule has 0 aromatic heterocycles. The topological polar surface area (TPSA) is 80.0 Å². The third-order valence-corrected chi connectivity index (χ3v) is 4.28. The van der Waals surface area contributed by atoms with E-state index in [9.17, 15) is 4.79 Å². The highest BCUT2D eigenvalue weighted by atomic mass is 35.5. The highest BCUT2D eigenvalue weighted by Gasteiger charge is 2.21. The molecule has 3 rings (SSSR count). The maximum atomic E-state index is 11.7. The number of nitrogens with zero attached hydrogens (tertiary/aromatic N) is 2. The summed E-state index contributed by atoms with van der Waals surface area (Å²) in [5.41, 5.74) is 11.4. The molecular weight excluding hydrogens is 352 g/mol. The minimum Gasteiger partial charge on any atom is -0.399 e. The van der Waals surface area contributed by atoms with E-state index in [4.69, 9.17) is 22.2 Å². The number of nitrogens with two attached hydrogens (primary N) is 1. The molecule has 1 aliphatic rings. The van der Waals surface area contributed by atoms with Gasteiger partial charge in [-0.05, 0) is 55.3 Å². The number of rotatable bonds is 2. The van der Waals surface area contributed by atoms with E-state index in [0.29, 0.717) is 22.1 Å². The number of carbonyl (C=O) groups is 1. The van der Waals surface area contributed by atoms with Gasteiger partial charge in [0.2, 0.25) is 0 Å². The Labute approximate surface area is 156 Å². The molecule has 7 heteroatoms. The smallest absolute Gasteiger partial charge is 0.399 e. The molecule has 0 spiro atoms. The van der Waals surface area contributed by atoms with Crippen LogP contribution in [0.4, 0.5) is 10.5 Å². The van der Waals surface area contributed by atoms with Gasteiger partial charge in [-0.15, -0.1) is 5.10 Å². The summed E-state index contributed by atoms with van der Waals surface area (Å²) >= 11 is 6.21. The number of fused-ring (bicyclic) bond motifs is 1. The van der Waals surface area contributed by atoms with Gasteiger partial charge in [0, 0.05) is 28.9 Å². The number of nitrogen functional groups attached to an aromatic ring is 1. The zero-order valence-corrected chi connectivity index (χ0v) is 15.5. The molecule has 1 amide bonds. The maximum Gasteiger partial charge on any atom is 0.433 e. The SMILES string of the molecule is CNC(=O)ON1N=C(c2ccc(N)c(C)c2)c2cc(Cl)ccc2C=C1C. The van der Waals surface area contributed by atoms with Crippen LogP contribution in [-0.4, -0.2) is 24.0 Å². The molecule has 6 nitrogen and oxygen atoms in total. The van der Waals surface area contributed by atoms with Crippen molar-refractivity contribution in [1.29, 1.82) is 0 Å². The molecule has 0 radical (unpaired) electrons. The fraction of sp³-hybridized carbons (Fsp3) is 0.158. The summed E-state index contributed by atoms with van der Waals surface area (Å²) < 4.78 is 0. The van der Waals surface area contributed by atoms with Crippen LogP contribution in [0.15, 0.2) is 47.2 Å².